The van der Waals surface area contributed by atoms with Crippen LogP contribution in [0.5, 0.6) is 0 Å². The van der Waals surface area contributed by atoms with Crippen molar-refractivity contribution in [3.63, 3.8) is 0 Å². The minimum Gasteiger partial charge on any atom is -0.368 e. The van der Waals surface area contributed by atoms with E-state index in [-0.39, 0.29) is 12.1 Å². The smallest absolute Gasteiger partial charge is 0.350 e. The number of halogens is 2. The molecule has 0 N–H and O–H groups in total. The molecule has 0 atom stereocenters. The van der Waals surface area contributed by atoms with Crippen LogP contribution >= 0.6 is 0 Å². The van der Waals surface area contributed by atoms with Gasteiger partial charge in [0.1, 0.15) is 11.6 Å². The molecule has 164 valence electrons. The lowest BCUT2D eigenvalue weighted by atomic mass is 10.2. The number of nitrogens with zero attached hydrogens (tertiary/aromatic N) is 6. The molecular formula is C23H22F2N6O. The minimum absolute atomic E-state index is 0.0664. The summed E-state index contributed by atoms with van der Waals surface area (Å²) < 4.78 is 30.1. The van der Waals surface area contributed by atoms with Crippen LogP contribution in [-0.4, -0.2) is 45.3 Å². The van der Waals surface area contributed by atoms with E-state index in [0.717, 1.165) is 49.1 Å². The van der Waals surface area contributed by atoms with Crippen molar-refractivity contribution in [2.45, 2.75) is 13.5 Å². The van der Waals surface area contributed by atoms with Gasteiger partial charge < -0.3 is 9.80 Å². The maximum Gasteiger partial charge on any atom is 0.350 e. The highest BCUT2D eigenvalue weighted by Gasteiger charge is 2.22. The first kappa shape index (κ1) is 20.2. The lowest BCUT2D eigenvalue weighted by Crippen LogP contribution is -2.47. The Morgan fingerprint density at radius 1 is 0.969 bits per heavy atom. The van der Waals surface area contributed by atoms with Crippen LogP contribution in [0.4, 0.5) is 20.3 Å². The third kappa shape index (κ3) is 3.70. The van der Waals surface area contributed by atoms with E-state index in [0.29, 0.717) is 11.5 Å². The van der Waals surface area contributed by atoms with E-state index in [1.165, 1.54) is 21.8 Å². The molecule has 0 amide bonds. The zero-order chi connectivity index (χ0) is 22.2. The number of rotatable bonds is 4. The molecule has 1 fully saturated rings. The molecule has 0 bridgehead atoms. The maximum atomic E-state index is 14.1. The molecule has 0 spiro atoms. The van der Waals surface area contributed by atoms with Gasteiger partial charge in [-0.25, -0.2) is 27.6 Å². The Hall–Kier alpha value is -3.75. The third-order valence-electron chi connectivity index (χ3n) is 5.79. The zero-order valence-electron chi connectivity index (χ0n) is 17.6. The van der Waals surface area contributed by atoms with E-state index in [2.05, 4.69) is 51.1 Å². The number of fused-ring (bicyclic) bond motifs is 1. The molecule has 32 heavy (non-hydrogen) atoms. The molecule has 3 heterocycles. The SMILES string of the molecule is Cc1ccc(N2CCN(c3nccn4c(=O)n(Cc5cc(F)ccc5F)nc34)CC2)cc1. The van der Waals surface area contributed by atoms with Gasteiger partial charge in [-0.1, -0.05) is 17.7 Å². The topological polar surface area (TPSA) is 58.7 Å². The first-order valence-electron chi connectivity index (χ1n) is 10.4. The summed E-state index contributed by atoms with van der Waals surface area (Å²) in [5, 5.41) is 4.40. The number of benzene rings is 2. The average molecular weight is 436 g/mol. The summed E-state index contributed by atoms with van der Waals surface area (Å²) >= 11 is 0. The van der Waals surface area contributed by atoms with Crippen molar-refractivity contribution in [3.8, 4) is 0 Å². The minimum atomic E-state index is -0.582. The summed E-state index contributed by atoms with van der Waals surface area (Å²) in [5.74, 6) is -0.542. The van der Waals surface area contributed by atoms with Gasteiger partial charge in [-0.05, 0) is 37.3 Å². The van der Waals surface area contributed by atoms with Crippen LogP contribution in [-0.2, 0) is 6.54 Å². The van der Waals surface area contributed by atoms with Crippen LogP contribution < -0.4 is 15.5 Å². The molecule has 1 saturated heterocycles. The van der Waals surface area contributed by atoms with E-state index in [4.69, 9.17) is 0 Å². The summed E-state index contributed by atoms with van der Waals surface area (Å²) in [6, 6.07) is 11.6. The normalized spacial score (nSPS) is 14.3. The molecule has 9 heteroatoms. The number of aromatic nitrogens is 4. The Labute approximate surface area is 183 Å². The van der Waals surface area contributed by atoms with E-state index < -0.39 is 17.3 Å². The number of aryl methyl sites for hydroxylation is 1. The van der Waals surface area contributed by atoms with Crippen LogP contribution in [0.1, 0.15) is 11.1 Å². The monoisotopic (exact) mass is 436 g/mol. The van der Waals surface area contributed by atoms with Gasteiger partial charge in [-0.2, -0.15) is 0 Å². The fraction of sp³-hybridized carbons (Fsp3) is 0.261. The summed E-state index contributed by atoms with van der Waals surface area (Å²) in [6.45, 7) is 4.97. The molecule has 4 aromatic rings. The Kier molecular flexibility index (Phi) is 5.08. The summed E-state index contributed by atoms with van der Waals surface area (Å²) in [5.41, 5.74) is 2.45. The molecule has 7 nitrogen and oxygen atoms in total. The third-order valence-corrected chi connectivity index (χ3v) is 5.79. The van der Waals surface area contributed by atoms with E-state index in [1.807, 2.05) is 0 Å². The lowest BCUT2D eigenvalue weighted by molar-refractivity contribution is 0.561. The molecule has 0 saturated carbocycles. The van der Waals surface area contributed by atoms with Crippen LogP contribution in [0.3, 0.4) is 0 Å². The molecule has 0 unspecified atom stereocenters. The van der Waals surface area contributed by atoms with Gasteiger partial charge >= 0.3 is 5.69 Å². The van der Waals surface area contributed by atoms with Crippen LogP contribution in [0.2, 0.25) is 0 Å². The first-order chi connectivity index (χ1) is 15.5. The molecule has 1 aliphatic rings. The molecule has 2 aromatic carbocycles. The van der Waals surface area contributed by atoms with Crippen molar-refractivity contribution in [3.05, 3.63) is 88.1 Å². The first-order valence-corrected chi connectivity index (χ1v) is 10.4. The Morgan fingerprint density at radius 3 is 2.44 bits per heavy atom. The number of anilines is 2. The number of hydrogen-bond donors (Lipinski definition) is 0. The molecular weight excluding hydrogens is 414 g/mol. The highest BCUT2D eigenvalue weighted by atomic mass is 19.1. The maximum absolute atomic E-state index is 14.1. The zero-order valence-corrected chi connectivity index (χ0v) is 17.6. The largest absolute Gasteiger partial charge is 0.368 e. The second-order valence-electron chi connectivity index (χ2n) is 7.93. The van der Waals surface area contributed by atoms with Crippen LogP contribution in [0.15, 0.2) is 59.7 Å². The second-order valence-corrected chi connectivity index (χ2v) is 7.93. The van der Waals surface area contributed by atoms with Gasteiger partial charge in [0.05, 0.1) is 6.54 Å². The highest BCUT2D eigenvalue weighted by molar-refractivity contribution is 5.64. The Morgan fingerprint density at radius 2 is 1.69 bits per heavy atom. The predicted octanol–water partition coefficient (Wildman–Crippen LogP) is 2.85. The van der Waals surface area contributed by atoms with Crippen LogP contribution in [0, 0.1) is 18.6 Å². The highest BCUT2D eigenvalue weighted by Crippen LogP contribution is 2.22. The van der Waals surface area contributed by atoms with E-state index in [1.54, 1.807) is 6.20 Å². The van der Waals surface area contributed by atoms with Gasteiger partial charge in [0.15, 0.2) is 5.82 Å². The van der Waals surface area contributed by atoms with Crippen LogP contribution in [0.25, 0.3) is 5.65 Å². The molecule has 5 rings (SSSR count). The van der Waals surface area contributed by atoms with E-state index >= 15 is 0 Å². The lowest BCUT2D eigenvalue weighted by Gasteiger charge is -2.36. The van der Waals surface area contributed by atoms with Crippen molar-refractivity contribution in [2.75, 3.05) is 36.0 Å². The summed E-state index contributed by atoms with van der Waals surface area (Å²) in [4.78, 5) is 21.7. The van der Waals surface area contributed by atoms with Crippen molar-refractivity contribution >= 4 is 17.2 Å². The quantitative estimate of drug-likeness (QED) is 0.493. The number of hydrogen-bond acceptors (Lipinski definition) is 5. The van der Waals surface area contributed by atoms with Crippen molar-refractivity contribution in [1.29, 1.82) is 0 Å². The van der Waals surface area contributed by atoms with Crippen molar-refractivity contribution in [1.82, 2.24) is 19.2 Å². The second kappa shape index (κ2) is 8.07. The molecule has 0 radical (unpaired) electrons. The fourth-order valence-corrected chi connectivity index (χ4v) is 4.02. The van der Waals surface area contributed by atoms with Gasteiger partial charge in [-0.15, -0.1) is 5.10 Å². The Balaban J connectivity index is 1.41. The summed E-state index contributed by atoms with van der Waals surface area (Å²) in [7, 11) is 0. The molecule has 0 aliphatic carbocycles. The fourth-order valence-electron chi connectivity index (χ4n) is 4.02. The molecule has 2 aromatic heterocycles. The van der Waals surface area contributed by atoms with Gasteiger partial charge in [-0.3, -0.25) is 0 Å². The predicted molar refractivity (Wildman–Crippen MR) is 118 cm³/mol. The summed E-state index contributed by atoms with van der Waals surface area (Å²) in [6.07, 6.45) is 3.10. The van der Waals surface area contributed by atoms with Gasteiger partial charge in [0.2, 0.25) is 5.65 Å². The number of piperazine rings is 1. The van der Waals surface area contributed by atoms with Crippen molar-refractivity contribution < 1.29 is 8.78 Å². The van der Waals surface area contributed by atoms with Gasteiger partial charge in [0, 0.05) is 49.8 Å². The standard InChI is InChI=1S/C23H22F2N6O/c1-16-2-5-19(6-3-16)28-10-12-29(13-11-28)21-22-27-31(23(32)30(22)9-8-26-21)15-17-14-18(24)4-7-20(17)25/h2-9,14H,10-13,15H2,1H3. The molecule has 1 aliphatic heterocycles. The average Bonchev–Trinajstić information content (AvgIpc) is 3.12. The van der Waals surface area contributed by atoms with Crippen molar-refractivity contribution in [2.24, 2.45) is 0 Å². The van der Waals surface area contributed by atoms with Gasteiger partial charge in [0.25, 0.3) is 0 Å². The van der Waals surface area contributed by atoms with E-state index in [9.17, 15) is 13.6 Å². The Bertz CT molecular complexity index is 1320.